The first kappa shape index (κ1) is 12.6. The zero-order valence-corrected chi connectivity index (χ0v) is 11.3. The molecule has 2 rings (SSSR count). The highest BCUT2D eigenvalue weighted by Crippen LogP contribution is 2.23. The third-order valence-electron chi connectivity index (χ3n) is 2.94. The summed E-state index contributed by atoms with van der Waals surface area (Å²) in [6.45, 7) is 7.71. The molecule has 1 aromatic carbocycles. The second-order valence-electron chi connectivity index (χ2n) is 5.47. The molecule has 0 unspecified atom stereocenters. The molecule has 0 amide bonds. The van der Waals surface area contributed by atoms with Crippen molar-refractivity contribution in [3.63, 3.8) is 0 Å². The summed E-state index contributed by atoms with van der Waals surface area (Å²) in [6, 6.07) is 9.84. The molecule has 0 N–H and O–H groups in total. The molecule has 0 saturated carbocycles. The van der Waals surface area contributed by atoms with Gasteiger partial charge < -0.3 is 0 Å². The van der Waals surface area contributed by atoms with Crippen molar-refractivity contribution in [3.05, 3.63) is 47.8 Å². The minimum atomic E-state index is -0.380. The molecule has 94 valence electrons. The van der Waals surface area contributed by atoms with Crippen LogP contribution in [0.2, 0.25) is 0 Å². The Kier molecular flexibility index (Phi) is 3.07. The van der Waals surface area contributed by atoms with Gasteiger partial charge in [0.15, 0.2) is 5.78 Å². The van der Waals surface area contributed by atoms with Gasteiger partial charge in [0.05, 0.1) is 23.1 Å². The van der Waals surface area contributed by atoms with Crippen LogP contribution in [0.1, 0.15) is 36.8 Å². The predicted molar refractivity (Wildman–Crippen MR) is 72.1 cm³/mol. The highest BCUT2D eigenvalue weighted by molar-refractivity contribution is 6.00. The Bertz CT molecular complexity index is 562. The highest BCUT2D eigenvalue weighted by atomic mass is 16.1. The Morgan fingerprint density at radius 1 is 1.17 bits per heavy atom. The lowest BCUT2D eigenvalue weighted by Gasteiger charge is -2.16. The number of carbonyl (C=O) groups is 1. The molecule has 1 aromatic heterocycles. The molecule has 18 heavy (non-hydrogen) atoms. The van der Waals surface area contributed by atoms with Crippen LogP contribution in [0.5, 0.6) is 0 Å². The van der Waals surface area contributed by atoms with E-state index in [2.05, 4.69) is 5.10 Å². The number of Topliss-reactive ketones (excluding diaryl/α,β-unsaturated/α-hetero) is 1. The SMILES string of the molecule is Cc1c(C(=O)C(C)(C)C)cnn1-c1ccccc1. The minimum Gasteiger partial charge on any atom is -0.293 e. The maximum atomic E-state index is 12.3. The number of ketones is 1. The summed E-state index contributed by atoms with van der Waals surface area (Å²) in [4.78, 5) is 12.3. The number of carbonyl (C=O) groups excluding carboxylic acids is 1. The lowest BCUT2D eigenvalue weighted by Crippen LogP contribution is -2.20. The van der Waals surface area contributed by atoms with E-state index < -0.39 is 0 Å². The molecular weight excluding hydrogens is 224 g/mol. The number of hydrogen-bond donors (Lipinski definition) is 0. The van der Waals surface area contributed by atoms with Crippen molar-refractivity contribution in [1.82, 2.24) is 9.78 Å². The van der Waals surface area contributed by atoms with Crippen molar-refractivity contribution < 1.29 is 4.79 Å². The first-order valence-electron chi connectivity index (χ1n) is 6.06. The van der Waals surface area contributed by atoms with Gasteiger partial charge in [0, 0.05) is 5.41 Å². The van der Waals surface area contributed by atoms with Crippen LogP contribution in [0.15, 0.2) is 36.5 Å². The van der Waals surface area contributed by atoms with Crippen molar-refractivity contribution in [2.75, 3.05) is 0 Å². The third kappa shape index (κ3) is 2.21. The van der Waals surface area contributed by atoms with E-state index >= 15 is 0 Å². The molecule has 0 bridgehead atoms. The van der Waals surface area contributed by atoms with E-state index in [1.807, 2.05) is 58.0 Å². The summed E-state index contributed by atoms with van der Waals surface area (Å²) in [7, 11) is 0. The Hall–Kier alpha value is -1.90. The lowest BCUT2D eigenvalue weighted by molar-refractivity contribution is 0.0857. The maximum Gasteiger partial charge on any atom is 0.171 e. The highest BCUT2D eigenvalue weighted by Gasteiger charge is 2.26. The molecule has 0 aliphatic heterocycles. The first-order valence-corrected chi connectivity index (χ1v) is 6.06. The second kappa shape index (κ2) is 4.41. The van der Waals surface area contributed by atoms with E-state index in [1.165, 1.54) is 0 Å². The monoisotopic (exact) mass is 242 g/mol. The fraction of sp³-hybridized carbons (Fsp3) is 0.333. The van der Waals surface area contributed by atoms with Crippen molar-refractivity contribution in [1.29, 1.82) is 0 Å². The van der Waals surface area contributed by atoms with Crippen LogP contribution in [0, 0.1) is 12.3 Å². The topological polar surface area (TPSA) is 34.9 Å². The quantitative estimate of drug-likeness (QED) is 0.756. The summed E-state index contributed by atoms with van der Waals surface area (Å²) >= 11 is 0. The van der Waals surface area contributed by atoms with Gasteiger partial charge in [-0.15, -0.1) is 0 Å². The van der Waals surface area contributed by atoms with Crippen LogP contribution in [0.4, 0.5) is 0 Å². The minimum absolute atomic E-state index is 0.127. The number of aromatic nitrogens is 2. The van der Waals surface area contributed by atoms with Crippen LogP contribution < -0.4 is 0 Å². The molecule has 0 aliphatic rings. The summed E-state index contributed by atoms with van der Waals surface area (Å²) in [5.41, 5.74) is 2.19. The number of hydrogen-bond acceptors (Lipinski definition) is 2. The van der Waals surface area contributed by atoms with Crippen molar-refractivity contribution in [2.45, 2.75) is 27.7 Å². The van der Waals surface area contributed by atoms with Crippen LogP contribution in [0.25, 0.3) is 5.69 Å². The van der Waals surface area contributed by atoms with Crippen molar-refractivity contribution in [3.8, 4) is 5.69 Å². The van der Waals surface area contributed by atoms with E-state index in [1.54, 1.807) is 10.9 Å². The third-order valence-corrected chi connectivity index (χ3v) is 2.94. The van der Waals surface area contributed by atoms with Gasteiger partial charge in [0.2, 0.25) is 0 Å². The zero-order valence-electron chi connectivity index (χ0n) is 11.3. The summed E-state index contributed by atoms with van der Waals surface area (Å²) in [5, 5.41) is 4.32. The standard InChI is InChI=1S/C15H18N2O/c1-11-13(14(18)15(2,3)4)10-16-17(11)12-8-6-5-7-9-12/h5-10H,1-4H3. The van der Waals surface area contributed by atoms with Gasteiger partial charge in [-0.2, -0.15) is 5.10 Å². The average Bonchev–Trinajstić information content (AvgIpc) is 2.70. The molecule has 0 aliphatic carbocycles. The Morgan fingerprint density at radius 2 is 1.78 bits per heavy atom. The van der Waals surface area contributed by atoms with E-state index in [-0.39, 0.29) is 11.2 Å². The van der Waals surface area contributed by atoms with Gasteiger partial charge >= 0.3 is 0 Å². The Morgan fingerprint density at radius 3 is 2.33 bits per heavy atom. The molecule has 0 fully saturated rings. The van der Waals surface area contributed by atoms with E-state index in [0.717, 1.165) is 11.4 Å². The van der Waals surface area contributed by atoms with Gasteiger partial charge in [0.1, 0.15) is 0 Å². The van der Waals surface area contributed by atoms with Crippen LogP contribution in [0.3, 0.4) is 0 Å². The summed E-state index contributed by atoms with van der Waals surface area (Å²) < 4.78 is 1.80. The molecule has 1 heterocycles. The fourth-order valence-corrected chi connectivity index (χ4v) is 1.87. The summed E-state index contributed by atoms with van der Waals surface area (Å²) in [5.74, 6) is 0.127. The first-order chi connectivity index (χ1) is 8.41. The van der Waals surface area contributed by atoms with E-state index in [9.17, 15) is 4.79 Å². The van der Waals surface area contributed by atoms with Gasteiger partial charge in [-0.3, -0.25) is 4.79 Å². The summed E-state index contributed by atoms with van der Waals surface area (Å²) in [6.07, 6.45) is 1.66. The van der Waals surface area contributed by atoms with Gasteiger partial charge in [-0.05, 0) is 19.1 Å². The largest absolute Gasteiger partial charge is 0.293 e. The fourth-order valence-electron chi connectivity index (χ4n) is 1.87. The molecular formula is C15H18N2O. The Labute approximate surface area is 107 Å². The zero-order chi connectivity index (χ0) is 13.3. The molecule has 3 heteroatoms. The lowest BCUT2D eigenvalue weighted by atomic mass is 9.87. The number of nitrogens with zero attached hydrogens (tertiary/aromatic N) is 2. The smallest absolute Gasteiger partial charge is 0.171 e. The van der Waals surface area contributed by atoms with E-state index in [0.29, 0.717) is 5.56 Å². The molecule has 0 spiro atoms. The number of rotatable bonds is 2. The van der Waals surface area contributed by atoms with Gasteiger partial charge in [-0.1, -0.05) is 39.0 Å². The van der Waals surface area contributed by atoms with Crippen LogP contribution in [-0.2, 0) is 0 Å². The van der Waals surface area contributed by atoms with Crippen molar-refractivity contribution in [2.24, 2.45) is 5.41 Å². The number of benzene rings is 1. The van der Waals surface area contributed by atoms with Crippen LogP contribution >= 0.6 is 0 Å². The van der Waals surface area contributed by atoms with Gasteiger partial charge in [-0.25, -0.2) is 4.68 Å². The van der Waals surface area contributed by atoms with Crippen molar-refractivity contribution >= 4 is 5.78 Å². The van der Waals surface area contributed by atoms with Gasteiger partial charge in [0.25, 0.3) is 0 Å². The second-order valence-corrected chi connectivity index (χ2v) is 5.47. The molecule has 0 radical (unpaired) electrons. The maximum absolute atomic E-state index is 12.3. The molecule has 2 aromatic rings. The number of para-hydroxylation sites is 1. The molecule has 0 atom stereocenters. The molecule has 0 saturated heterocycles. The van der Waals surface area contributed by atoms with E-state index in [4.69, 9.17) is 0 Å². The van der Waals surface area contributed by atoms with Crippen LogP contribution in [-0.4, -0.2) is 15.6 Å². The normalized spacial score (nSPS) is 11.6. The molecule has 3 nitrogen and oxygen atoms in total. The predicted octanol–water partition coefficient (Wildman–Crippen LogP) is 3.41. The average molecular weight is 242 g/mol. The Balaban J connectivity index is 2.45.